The minimum Gasteiger partial charge on any atom is -0.370 e. The number of allylic oxidation sites excluding steroid dienone is 2. The molecule has 0 amide bonds. The maximum atomic E-state index is 12.3. The first-order valence-corrected chi connectivity index (χ1v) is 10.9. The predicted molar refractivity (Wildman–Crippen MR) is 109 cm³/mol. The Kier molecular flexibility index (Phi) is 5.71. The maximum Gasteiger partial charge on any atom is 0.197 e. The lowest BCUT2D eigenvalue weighted by Gasteiger charge is -2.27. The lowest BCUT2D eigenvalue weighted by molar-refractivity contribution is 0.0780. The number of hydrogen-bond acceptors (Lipinski definition) is 6. The Labute approximate surface area is 165 Å². The molecule has 7 nitrogen and oxygen atoms in total. The molecule has 150 valence electrons. The molecule has 0 saturated carbocycles. The number of aryl methyl sites for hydroxylation is 1. The van der Waals surface area contributed by atoms with E-state index in [9.17, 15) is 13.5 Å². The van der Waals surface area contributed by atoms with Crippen LogP contribution < -0.4 is 0 Å². The van der Waals surface area contributed by atoms with Gasteiger partial charge in [-0.05, 0) is 51.5 Å². The lowest BCUT2D eigenvalue weighted by atomic mass is 10.1. The molecule has 0 aromatic carbocycles. The summed E-state index contributed by atoms with van der Waals surface area (Å²) in [6, 6.07) is 3.32. The Morgan fingerprint density at radius 3 is 2.68 bits per heavy atom. The number of hydrogen-bond donors (Lipinski definition) is 1. The van der Waals surface area contributed by atoms with Crippen molar-refractivity contribution >= 4 is 15.5 Å². The van der Waals surface area contributed by atoms with Gasteiger partial charge in [0.15, 0.2) is 14.9 Å². The van der Waals surface area contributed by atoms with Crippen LogP contribution in [0.25, 0.3) is 16.8 Å². The molecule has 3 rings (SSSR count). The molecule has 2 aromatic rings. The van der Waals surface area contributed by atoms with E-state index in [-0.39, 0.29) is 5.03 Å². The van der Waals surface area contributed by atoms with Crippen LogP contribution in [0.4, 0.5) is 0 Å². The van der Waals surface area contributed by atoms with Crippen molar-refractivity contribution in [3.05, 3.63) is 48.6 Å². The minimum atomic E-state index is -3.41. The zero-order chi connectivity index (χ0) is 20.5. The van der Waals surface area contributed by atoms with Crippen LogP contribution in [0.5, 0.6) is 0 Å². The SMILES string of the molecule is CCCN1C=C(n2cc(-c3ccc(S(=O)(=O)C(C)C)nc3C)cn2)C=CC1O. The molecule has 1 unspecified atom stereocenters. The number of sulfone groups is 1. The van der Waals surface area contributed by atoms with Crippen LogP contribution in [0.1, 0.15) is 32.9 Å². The summed E-state index contributed by atoms with van der Waals surface area (Å²) in [5.41, 5.74) is 3.16. The monoisotopic (exact) mass is 402 g/mol. The van der Waals surface area contributed by atoms with E-state index in [0.717, 1.165) is 29.8 Å². The van der Waals surface area contributed by atoms with Crippen molar-refractivity contribution < 1.29 is 13.5 Å². The molecule has 0 spiro atoms. The Bertz CT molecular complexity index is 1020. The third-order valence-corrected chi connectivity index (χ3v) is 6.74. The normalized spacial score (nSPS) is 17.3. The van der Waals surface area contributed by atoms with Crippen LogP contribution in [0.15, 0.2) is 47.9 Å². The second kappa shape index (κ2) is 7.89. The van der Waals surface area contributed by atoms with Gasteiger partial charge in [0.1, 0.15) is 6.23 Å². The van der Waals surface area contributed by atoms with E-state index in [0.29, 0.717) is 5.69 Å². The number of pyridine rings is 1. The first-order valence-electron chi connectivity index (χ1n) is 9.35. The predicted octanol–water partition coefficient (Wildman–Crippen LogP) is 2.83. The number of aromatic nitrogens is 3. The third kappa shape index (κ3) is 3.88. The van der Waals surface area contributed by atoms with Gasteiger partial charge in [0.25, 0.3) is 0 Å². The first kappa shape index (κ1) is 20.3. The van der Waals surface area contributed by atoms with Crippen molar-refractivity contribution in [2.24, 2.45) is 0 Å². The average Bonchev–Trinajstić information content (AvgIpc) is 3.13. The van der Waals surface area contributed by atoms with Crippen LogP contribution in [0, 0.1) is 6.92 Å². The Balaban J connectivity index is 1.91. The minimum absolute atomic E-state index is 0.0956. The summed E-state index contributed by atoms with van der Waals surface area (Å²) in [7, 11) is -3.41. The molecule has 8 heteroatoms. The van der Waals surface area contributed by atoms with Crippen molar-refractivity contribution in [3.8, 4) is 11.1 Å². The van der Waals surface area contributed by atoms with Crippen LogP contribution in [0.2, 0.25) is 0 Å². The topological polar surface area (TPSA) is 88.3 Å². The molecule has 1 aliphatic rings. The summed E-state index contributed by atoms with van der Waals surface area (Å²) in [4.78, 5) is 6.17. The Morgan fingerprint density at radius 1 is 1.29 bits per heavy atom. The molecule has 0 radical (unpaired) electrons. The van der Waals surface area contributed by atoms with E-state index in [1.54, 1.807) is 49.9 Å². The summed E-state index contributed by atoms with van der Waals surface area (Å²) in [6.07, 6.45) is 9.34. The van der Waals surface area contributed by atoms with Gasteiger partial charge in [-0.3, -0.25) is 0 Å². The molecule has 0 aliphatic carbocycles. The molecule has 3 heterocycles. The van der Waals surface area contributed by atoms with Gasteiger partial charge < -0.3 is 10.0 Å². The fourth-order valence-corrected chi connectivity index (χ4v) is 4.03. The molecule has 1 atom stereocenters. The van der Waals surface area contributed by atoms with Crippen molar-refractivity contribution in [1.82, 2.24) is 19.7 Å². The summed E-state index contributed by atoms with van der Waals surface area (Å²) >= 11 is 0. The van der Waals surface area contributed by atoms with E-state index in [2.05, 4.69) is 17.0 Å². The van der Waals surface area contributed by atoms with Gasteiger partial charge in [0.2, 0.25) is 0 Å². The highest BCUT2D eigenvalue weighted by atomic mass is 32.2. The van der Waals surface area contributed by atoms with E-state index in [1.807, 2.05) is 23.4 Å². The third-order valence-electron chi connectivity index (χ3n) is 4.69. The second-order valence-electron chi connectivity index (χ2n) is 7.11. The van der Waals surface area contributed by atoms with Crippen LogP contribution >= 0.6 is 0 Å². The second-order valence-corrected chi connectivity index (χ2v) is 9.57. The quantitative estimate of drug-likeness (QED) is 0.799. The van der Waals surface area contributed by atoms with Crippen LogP contribution in [-0.2, 0) is 9.84 Å². The van der Waals surface area contributed by atoms with Crippen LogP contribution in [0.3, 0.4) is 0 Å². The van der Waals surface area contributed by atoms with Crippen molar-refractivity contribution in [3.63, 3.8) is 0 Å². The van der Waals surface area contributed by atoms with Gasteiger partial charge in [0, 0.05) is 35.8 Å². The van der Waals surface area contributed by atoms with E-state index < -0.39 is 21.3 Å². The van der Waals surface area contributed by atoms with Crippen LogP contribution in [-0.4, -0.2) is 51.2 Å². The van der Waals surface area contributed by atoms with Gasteiger partial charge >= 0.3 is 0 Å². The number of aliphatic hydroxyl groups excluding tert-OH is 1. The number of rotatable bonds is 6. The summed E-state index contributed by atoms with van der Waals surface area (Å²) in [5, 5.41) is 14.0. The first-order chi connectivity index (χ1) is 13.2. The highest BCUT2D eigenvalue weighted by molar-refractivity contribution is 7.91. The van der Waals surface area contributed by atoms with Crippen molar-refractivity contribution in [2.75, 3.05) is 6.54 Å². The standard InChI is InChI=1S/C20H26N4O3S/c1-5-10-23-13-17(6-9-20(23)25)24-12-16(11-21-24)18-7-8-19(22-15(18)4)28(26,27)14(2)3/h6-9,11-14,20,25H,5,10H2,1-4H3. The van der Waals surface area contributed by atoms with Crippen molar-refractivity contribution in [2.45, 2.75) is 50.6 Å². The maximum absolute atomic E-state index is 12.3. The molecule has 0 saturated heterocycles. The largest absolute Gasteiger partial charge is 0.370 e. The highest BCUT2D eigenvalue weighted by Gasteiger charge is 2.22. The smallest absolute Gasteiger partial charge is 0.197 e. The molecule has 1 N–H and O–H groups in total. The molecule has 28 heavy (non-hydrogen) atoms. The summed E-state index contributed by atoms with van der Waals surface area (Å²) in [5.74, 6) is 0. The van der Waals surface area contributed by atoms with Gasteiger partial charge in [-0.1, -0.05) is 6.92 Å². The summed E-state index contributed by atoms with van der Waals surface area (Å²) in [6.45, 7) is 7.90. The molecular formula is C20H26N4O3S. The van der Waals surface area contributed by atoms with Gasteiger partial charge in [-0.2, -0.15) is 5.10 Å². The Morgan fingerprint density at radius 2 is 2.04 bits per heavy atom. The molecule has 0 fully saturated rings. The van der Waals surface area contributed by atoms with Crippen molar-refractivity contribution in [1.29, 1.82) is 0 Å². The fourth-order valence-electron chi connectivity index (χ4n) is 3.02. The van der Waals surface area contributed by atoms with Gasteiger partial charge in [-0.15, -0.1) is 0 Å². The lowest BCUT2D eigenvalue weighted by Crippen LogP contribution is -2.32. The zero-order valence-corrected chi connectivity index (χ0v) is 17.4. The van der Waals surface area contributed by atoms with E-state index in [4.69, 9.17) is 0 Å². The molecule has 0 bridgehead atoms. The molecule has 2 aromatic heterocycles. The number of nitrogens with zero attached hydrogens (tertiary/aromatic N) is 4. The average molecular weight is 403 g/mol. The summed E-state index contributed by atoms with van der Waals surface area (Å²) < 4.78 is 26.4. The van der Waals surface area contributed by atoms with Gasteiger partial charge in [0.05, 0.1) is 17.1 Å². The van der Waals surface area contributed by atoms with E-state index in [1.165, 1.54) is 0 Å². The van der Waals surface area contributed by atoms with E-state index >= 15 is 0 Å². The number of aliphatic hydroxyl groups is 1. The highest BCUT2D eigenvalue weighted by Crippen LogP contribution is 2.26. The zero-order valence-electron chi connectivity index (χ0n) is 16.6. The fraction of sp³-hybridized carbons (Fsp3) is 0.400. The Hall–Kier alpha value is -2.45. The molecular weight excluding hydrogens is 376 g/mol. The molecule has 1 aliphatic heterocycles. The van der Waals surface area contributed by atoms with Gasteiger partial charge in [-0.25, -0.2) is 18.1 Å².